The number of ether oxygens (including phenoxy) is 1. The van der Waals surface area contributed by atoms with Crippen LogP contribution in [0.5, 0.6) is 5.75 Å². The van der Waals surface area contributed by atoms with Gasteiger partial charge in [0, 0.05) is 11.8 Å². The van der Waals surface area contributed by atoms with Gasteiger partial charge in [-0.3, -0.25) is 4.79 Å². The molecule has 1 aromatic rings. The van der Waals surface area contributed by atoms with E-state index in [0.717, 1.165) is 10.9 Å². The zero-order valence-electron chi connectivity index (χ0n) is 10.00. The molecule has 0 saturated heterocycles. The van der Waals surface area contributed by atoms with E-state index in [1.54, 1.807) is 19.2 Å². The molecule has 0 unspecified atom stereocenters. The minimum absolute atomic E-state index is 0.170. The second kappa shape index (κ2) is 6.61. The van der Waals surface area contributed by atoms with Crippen LogP contribution in [0.2, 0.25) is 0 Å². The van der Waals surface area contributed by atoms with Gasteiger partial charge in [0.05, 0.1) is 17.6 Å². The van der Waals surface area contributed by atoms with Crippen LogP contribution in [-0.2, 0) is 4.79 Å². The van der Waals surface area contributed by atoms with Gasteiger partial charge < -0.3 is 15.8 Å². The molecule has 0 fully saturated rings. The zero-order chi connectivity index (χ0) is 12.8. The van der Waals surface area contributed by atoms with Gasteiger partial charge in [-0.1, -0.05) is 13.3 Å². The molecular weight excluding hydrogens is 284 g/mol. The van der Waals surface area contributed by atoms with E-state index in [1.807, 2.05) is 13.0 Å². The molecule has 1 rings (SSSR count). The van der Waals surface area contributed by atoms with Crippen molar-refractivity contribution >= 4 is 27.5 Å². The van der Waals surface area contributed by atoms with Crippen LogP contribution in [0.3, 0.4) is 0 Å². The van der Waals surface area contributed by atoms with Gasteiger partial charge in [-0.05, 0) is 34.5 Å². The molecule has 0 aromatic heterocycles. The van der Waals surface area contributed by atoms with E-state index in [0.29, 0.717) is 17.9 Å². The number of hydrogen-bond donors (Lipinski definition) is 2. The third kappa shape index (κ3) is 4.02. The molecule has 0 bridgehead atoms. The number of nitrogens with one attached hydrogen (secondary N) is 1. The summed E-state index contributed by atoms with van der Waals surface area (Å²) in [7, 11) is 1.58. The summed E-state index contributed by atoms with van der Waals surface area (Å²) in [6.45, 7) is 2.00. The van der Waals surface area contributed by atoms with Crippen LogP contribution in [0.15, 0.2) is 22.7 Å². The largest absolute Gasteiger partial charge is 0.495 e. The molecule has 1 amide bonds. The summed E-state index contributed by atoms with van der Waals surface area (Å²) in [5.74, 6) is 0.503. The maximum Gasteiger partial charge on any atom is 0.241 e. The first-order valence-corrected chi connectivity index (χ1v) is 6.27. The Balaban J connectivity index is 2.71. The van der Waals surface area contributed by atoms with E-state index in [-0.39, 0.29) is 5.91 Å². The number of halogens is 1. The Morgan fingerprint density at radius 1 is 1.59 bits per heavy atom. The van der Waals surface area contributed by atoms with Crippen molar-refractivity contribution < 1.29 is 9.53 Å². The van der Waals surface area contributed by atoms with Crippen LogP contribution < -0.4 is 15.8 Å². The number of hydrogen-bond acceptors (Lipinski definition) is 3. The van der Waals surface area contributed by atoms with Gasteiger partial charge in [-0.2, -0.15) is 0 Å². The molecule has 0 aliphatic carbocycles. The lowest BCUT2D eigenvalue weighted by atomic mass is 10.1. The van der Waals surface area contributed by atoms with Crippen molar-refractivity contribution in [1.82, 2.24) is 0 Å². The van der Waals surface area contributed by atoms with Crippen molar-refractivity contribution in [3.8, 4) is 5.75 Å². The van der Waals surface area contributed by atoms with Crippen molar-refractivity contribution in [2.45, 2.75) is 25.8 Å². The van der Waals surface area contributed by atoms with Crippen molar-refractivity contribution in [2.24, 2.45) is 5.73 Å². The van der Waals surface area contributed by atoms with Gasteiger partial charge in [0.15, 0.2) is 0 Å². The molecule has 0 spiro atoms. The number of benzene rings is 1. The van der Waals surface area contributed by atoms with E-state index in [9.17, 15) is 4.79 Å². The van der Waals surface area contributed by atoms with Crippen LogP contribution in [0.1, 0.15) is 19.8 Å². The van der Waals surface area contributed by atoms with Gasteiger partial charge in [-0.15, -0.1) is 0 Å². The first kappa shape index (κ1) is 14.0. The molecular formula is C12H17BrN2O2. The van der Waals surface area contributed by atoms with E-state index in [1.165, 1.54) is 0 Å². The first-order valence-electron chi connectivity index (χ1n) is 5.48. The molecule has 0 saturated carbocycles. The summed E-state index contributed by atoms with van der Waals surface area (Å²) >= 11 is 3.35. The molecule has 1 atom stereocenters. The number of anilines is 1. The molecule has 0 heterocycles. The number of methoxy groups -OCH3 is 1. The molecule has 4 nitrogen and oxygen atoms in total. The molecule has 0 aliphatic rings. The van der Waals surface area contributed by atoms with Crippen LogP contribution in [-0.4, -0.2) is 19.1 Å². The highest BCUT2D eigenvalue weighted by Crippen LogP contribution is 2.27. The molecule has 1 aromatic carbocycles. The lowest BCUT2D eigenvalue weighted by Crippen LogP contribution is -2.35. The molecule has 0 radical (unpaired) electrons. The number of carbonyl (C=O) groups excluding carboxylic acids is 1. The molecule has 94 valence electrons. The summed E-state index contributed by atoms with van der Waals surface area (Å²) < 4.78 is 5.99. The summed E-state index contributed by atoms with van der Waals surface area (Å²) in [6, 6.07) is 4.90. The Morgan fingerprint density at radius 2 is 2.29 bits per heavy atom. The Hall–Kier alpha value is -1.07. The Labute approximate surface area is 110 Å². The monoisotopic (exact) mass is 300 g/mol. The highest BCUT2D eigenvalue weighted by Gasteiger charge is 2.12. The van der Waals surface area contributed by atoms with Crippen LogP contribution >= 0.6 is 15.9 Å². The van der Waals surface area contributed by atoms with Gasteiger partial charge >= 0.3 is 0 Å². The zero-order valence-corrected chi connectivity index (χ0v) is 11.6. The predicted molar refractivity (Wildman–Crippen MR) is 72.2 cm³/mol. The average molecular weight is 301 g/mol. The van der Waals surface area contributed by atoms with E-state index in [2.05, 4.69) is 21.2 Å². The van der Waals surface area contributed by atoms with Crippen molar-refractivity contribution in [2.75, 3.05) is 12.4 Å². The third-order valence-electron chi connectivity index (χ3n) is 2.36. The van der Waals surface area contributed by atoms with Gasteiger partial charge in [0.25, 0.3) is 0 Å². The van der Waals surface area contributed by atoms with Crippen LogP contribution in [0, 0.1) is 0 Å². The average Bonchev–Trinajstić information content (AvgIpc) is 2.31. The van der Waals surface area contributed by atoms with Crippen molar-refractivity contribution in [3.63, 3.8) is 0 Å². The summed E-state index contributed by atoms with van der Waals surface area (Å²) in [4.78, 5) is 11.7. The van der Waals surface area contributed by atoms with Crippen molar-refractivity contribution in [3.05, 3.63) is 22.7 Å². The van der Waals surface area contributed by atoms with Crippen molar-refractivity contribution in [1.29, 1.82) is 0 Å². The normalized spacial score (nSPS) is 12.0. The minimum atomic E-state index is -0.463. The van der Waals surface area contributed by atoms with E-state index >= 15 is 0 Å². The Morgan fingerprint density at radius 3 is 2.88 bits per heavy atom. The van der Waals surface area contributed by atoms with E-state index in [4.69, 9.17) is 10.5 Å². The number of rotatable bonds is 5. The number of nitrogens with two attached hydrogens (primary N) is 1. The van der Waals surface area contributed by atoms with Crippen LogP contribution in [0.25, 0.3) is 0 Å². The summed E-state index contributed by atoms with van der Waals surface area (Å²) in [6.07, 6.45) is 1.57. The fourth-order valence-electron chi connectivity index (χ4n) is 1.41. The van der Waals surface area contributed by atoms with Gasteiger partial charge in [0.2, 0.25) is 5.91 Å². The van der Waals surface area contributed by atoms with E-state index < -0.39 is 6.04 Å². The smallest absolute Gasteiger partial charge is 0.241 e. The minimum Gasteiger partial charge on any atom is -0.495 e. The molecule has 3 N–H and O–H groups in total. The molecule has 0 aliphatic heterocycles. The fourth-order valence-corrected chi connectivity index (χ4v) is 1.82. The summed E-state index contributed by atoms with van der Waals surface area (Å²) in [5, 5.41) is 2.76. The fraction of sp³-hybridized carbons (Fsp3) is 0.417. The third-order valence-corrected chi connectivity index (χ3v) is 3.01. The highest BCUT2D eigenvalue weighted by atomic mass is 79.9. The Kier molecular flexibility index (Phi) is 5.44. The molecule has 5 heteroatoms. The Bertz CT molecular complexity index is 396. The first-order chi connectivity index (χ1) is 8.08. The van der Waals surface area contributed by atoms with Gasteiger partial charge in [-0.25, -0.2) is 0 Å². The van der Waals surface area contributed by atoms with Gasteiger partial charge in [0.1, 0.15) is 5.75 Å². The standard InChI is InChI=1S/C12H17BrN2O2/c1-3-4-10(14)12(16)15-8-5-6-9(13)11(7-8)17-2/h5-7,10H,3-4,14H2,1-2H3,(H,15,16)/t10-/m1/s1. The number of amides is 1. The second-order valence-corrected chi connectivity index (χ2v) is 4.59. The number of carbonyl (C=O) groups is 1. The lowest BCUT2D eigenvalue weighted by molar-refractivity contribution is -0.117. The topological polar surface area (TPSA) is 64.4 Å². The maximum absolute atomic E-state index is 11.7. The second-order valence-electron chi connectivity index (χ2n) is 3.73. The lowest BCUT2D eigenvalue weighted by Gasteiger charge is -2.12. The maximum atomic E-state index is 11.7. The highest BCUT2D eigenvalue weighted by molar-refractivity contribution is 9.10. The van der Waals surface area contributed by atoms with Crippen LogP contribution in [0.4, 0.5) is 5.69 Å². The summed E-state index contributed by atoms with van der Waals surface area (Å²) in [5.41, 5.74) is 6.41. The molecule has 17 heavy (non-hydrogen) atoms. The predicted octanol–water partition coefficient (Wildman–Crippen LogP) is 2.52. The quantitative estimate of drug-likeness (QED) is 0.878. The SMILES string of the molecule is CCC[C@@H](N)C(=O)Nc1ccc(Br)c(OC)c1.